The molecule has 0 aliphatic carbocycles. The molecule has 3 aromatic rings. The SMILES string of the molecule is CC[C@@H](C)NC(=O)[C@@H](Cc1ccccc1)N(Cc1ccccc1C)C(=O)CCCN(c1ccc2c(c1)OCO2)S(C)(=O)=O. The summed E-state index contributed by atoms with van der Waals surface area (Å²) in [6, 6.07) is 21.6. The van der Waals surface area contributed by atoms with Crippen molar-refractivity contribution in [3.8, 4) is 11.5 Å². The van der Waals surface area contributed by atoms with Gasteiger partial charge in [0.25, 0.3) is 0 Å². The number of fused-ring (bicyclic) bond motifs is 1. The second kappa shape index (κ2) is 14.4. The van der Waals surface area contributed by atoms with E-state index in [4.69, 9.17) is 9.47 Å². The highest BCUT2D eigenvalue weighted by Crippen LogP contribution is 2.36. The van der Waals surface area contributed by atoms with Crippen molar-refractivity contribution in [3.05, 3.63) is 89.5 Å². The first-order chi connectivity index (χ1) is 20.6. The molecule has 0 radical (unpaired) electrons. The molecule has 0 unspecified atom stereocenters. The molecule has 230 valence electrons. The molecule has 0 saturated carbocycles. The van der Waals surface area contributed by atoms with Crippen molar-refractivity contribution in [2.24, 2.45) is 0 Å². The molecule has 0 saturated heterocycles. The third-order valence-electron chi connectivity index (χ3n) is 7.67. The van der Waals surface area contributed by atoms with Crippen LogP contribution >= 0.6 is 0 Å². The maximum Gasteiger partial charge on any atom is 0.243 e. The Kier molecular flexibility index (Phi) is 10.7. The molecular formula is C33H41N3O6S. The Balaban J connectivity index is 1.59. The summed E-state index contributed by atoms with van der Waals surface area (Å²) in [4.78, 5) is 29.4. The molecule has 4 rings (SSSR count). The first kappa shape index (κ1) is 31.9. The van der Waals surface area contributed by atoms with Gasteiger partial charge in [-0.1, -0.05) is 61.5 Å². The molecule has 1 aliphatic heterocycles. The zero-order chi connectivity index (χ0) is 31.0. The fraction of sp³-hybridized carbons (Fsp3) is 0.394. The van der Waals surface area contributed by atoms with Gasteiger partial charge in [-0.15, -0.1) is 0 Å². The number of amides is 2. The summed E-state index contributed by atoms with van der Waals surface area (Å²) < 4.78 is 37.6. The topological polar surface area (TPSA) is 105 Å². The number of nitrogens with zero attached hydrogens (tertiary/aromatic N) is 2. The molecule has 9 nitrogen and oxygen atoms in total. The monoisotopic (exact) mass is 607 g/mol. The first-order valence-electron chi connectivity index (χ1n) is 14.6. The number of aryl methyl sites for hydroxylation is 1. The van der Waals surface area contributed by atoms with E-state index in [9.17, 15) is 18.0 Å². The fourth-order valence-corrected chi connectivity index (χ4v) is 5.97. The van der Waals surface area contributed by atoms with E-state index >= 15 is 0 Å². The van der Waals surface area contributed by atoms with Crippen LogP contribution in [0.5, 0.6) is 11.5 Å². The third kappa shape index (κ3) is 8.50. The zero-order valence-corrected chi connectivity index (χ0v) is 26.1. The molecule has 1 N–H and O–H groups in total. The molecule has 0 bridgehead atoms. The predicted octanol–water partition coefficient (Wildman–Crippen LogP) is 4.82. The Morgan fingerprint density at radius 1 is 0.977 bits per heavy atom. The van der Waals surface area contributed by atoms with Crippen molar-refractivity contribution in [3.63, 3.8) is 0 Å². The number of carbonyl (C=O) groups is 2. The molecule has 1 heterocycles. The smallest absolute Gasteiger partial charge is 0.243 e. The minimum Gasteiger partial charge on any atom is -0.454 e. The lowest BCUT2D eigenvalue weighted by atomic mass is 10.0. The third-order valence-corrected chi connectivity index (χ3v) is 8.86. The number of anilines is 1. The average Bonchev–Trinajstić information content (AvgIpc) is 3.45. The van der Waals surface area contributed by atoms with Gasteiger partial charge in [-0.05, 0) is 55.5 Å². The van der Waals surface area contributed by atoms with Crippen LogP contribution in [0.1, 0.15) is 49.8 Å². The summed E-state index contributed by atoms with van der Waals surface area (Å²) in [5, 5.41) is 3.08. The molecule has 1 aliphatic rings. The Bertz CT molecular complexity index is 1510. The van der Waals surface area contributed by atoms with Crippen LogP contribution in [0.2, 0.25) is 0 Å². The Morgan fingerprint density at radius 2 is 1.67 bits per heavy atom. The van der Waals surface area contributed by atoms with Crippen molar-refractivity contribution in [1.82, 2.24) is 10.2 Å². The quantitative estimate of drug-likeness (QED) is 0.282. The van der Waals surface area contributed by atoms with E-state index in [1.165, 1.54) is 4.31 Å². The van der Waals surface area contributed by atoms with Gasteiger partial charge < -0.3 is 19.7 Å². The van der Waals surface area contributed by atoms with Crippen LogP contribution in [-0.2, 0) is 32.6 Å². The highest BCUT2D eigenvalue weighted by Gasteiger charge is 2.31. The lowest BCUT2D eigenvalue weighted by molar-refractivity contribution is -0.141. The van der Waals surface area contributed by atoms with Crippen LogP contribution in [0.4, 0.5) is 5.69 Å². The van der Waals surface area contributed by atoms with Gasteiger partial charge in [0.05, 0.1) is 11.9 Å². The lowest BCUT2D eigenvalue weighted by Gasteiger charge is -2.33. The Hall–Kier alpha value is -4.05. The molecule has 0 aromatic heterocycles. The minimum absolute atomic E-state index is 0.0498. The van der Waals surface area contributed by atoms with Crippen molar-refractivity contribution >= 4 is 27.5 Å². The van der Waals surface area contributed by atoms with Crippen LogP contribution in [0.15, 0.2) is 72.8 Å². The highest BCUT2D eigenvalue weighted by atomic mass is 32.2. The Labute approximate surface area is 254 Å². The number of sulfonamides is 1. The predicted molar refractivity (Wildman–Crippen MR) is 168 cm³/mol. The van der Waals surface area contributed by atoms with Crippen molar-refractivity contribution < 1.29 is 27.5 Å². The van der Waals surface area contributed by atoms with E-state index in [1.54, 1.807) is 23.1 Å². The molecule has 0 fully saturated rings. The average molecular weight is 608 g/mol. The van der Waals surface area contributed by atoms with Gasteiger partial charge in [-0.25, -0.2) is 8.42 Å². The second-order valence-electron chi connectivity index (χ2n) is 10.9. The van der Waals surface area contributed by atoms with Gasteiger partial charge in [-0.3, -0.25) is 13.9 Å². The molecule has 43 heavy (non-hydrogen) atoms. The van der Waals surface area contributed by atoms with Crippen molar-refractivity contribution in [2.45, 2.75) is 65.1 Å². The fourth-order valence-electron chi connectivity index (χ4n) is 5.01. The molecule has 0 spiro atoms. The lowest BCUT2D eigenvalue weighted by Crippen LogP contribution is -2.52. The molecule has 3 aromatic carbocycles. The summed E-state index contributed by atoms with van der Waals surface area (Å²) in [5.74, 6) is 0.600. The molecule has 10 heteroatoms. The summed E-state index contributed by atoms with van der Waals surface area (Å²) in [6.07, 6.45) is 2.57. The zero-order valence-electron chi connectivity index (χ0n) is 25.3. The van der Waals surface area contributed by atoms with Crippen LogP contribution in [0.25, 0.3) is 0 Å². The van der Waals surface area contributed by atoms with Crippen LogP contribution < -0.4 is 19.1 Å². The van der Waals surface area contributed by atoms with E-state index in [1.807, 2.05) is 75.4 Å². The number of ether oxygens (including phenoxy) is 2. The number of hydrogen-bond donors (Lipinski definition) is 1. The van der Waals surface area contributed by atoms with Gasteiger partial charge in [0.15, 0.2) is 11.5 Å². The summed E-state index contributed by atoms with van der Waals surface area (Å²) in [6.45, 7) is 6.36. The van der Waals surface area contributed by atoms with Crippen molar-refractivity contribution in [1.29, 1.82) is 0 Å². The maximum atomic E-state index is 14.0. The number of benzene rings is 3. The summed E-state index contributed by atoms with van der Waals surface area (Å²) in [5.41, 5.74) is 3.35. The van der Waals surface area contributed by atoms with Gasteiger partial charge in [-0.2, -0.15) is 0 Å². The van der Waals surface area contributed by atoms with Gasteiger partial charge in [0.2, 0.25) is 28.6 Å². The number of rotatable bonds is 14. The number of hydrogen-bond acceptors (Lipinski definition) is 6. The standard InChI is InChI=1S/C33H41N3O6S/c1-5-25(3)34-33(38)29(20-26-13-7-6-8-14-26)35(22-27-15-10-9-12-24(27)2)32(37)16-11-19-36(43(4,39)40)28-17-18-30-31(21-28)42-23-41-30/h6-10,12-15,17-18,21,25,29H,5,11,16,19-20,22-23H2,1-4H3,(H,34,38)/t25-,29-/m1/s1. The van der Waals surface area contributed by atoms with Crippen molar-refractivity contribution in [2.75, 3.05) is 23.9 Å². The summed E-state index contributed by atoms with van der Waals surface area (Å²) >= 11 is 0. The highest BCUT2D eigenvalue weighted by molar-refractivity contribution is 7.92. The van der Waals surface area contributed by atoms with Gasteiger partial charge in [0.1, 0.15) is 6.04 Å². The normalized spacial score (nSPS) is 13.7. The molecule has 2 amide bonds. The van der Waals surface area contributed by atoms with E-state index in [0.29, 0.717) is 23.6 Å². The van der Waals surface area contributed by atoms with Gasteiger partial charge >= 0.3 is 0 Å². The number of carbonyl (C=O) groups excluding carboxylic acids is 2. The van der Waals surface area contributed by atoms with E-state index in [2.05, 4.69) is 5.32 Å². The van der Waals surface area contributed by atoms with Crippen LogP contribution in [0, 0.1) is 6.92 Å². The Morgan fingerprint density at radius 3 is 2.37 bits per heavy atom. The van der Waals surface area contributed by atoms with Crippen LogP contribution in [0.3, 0.4) is 0 Å². The summed E-state index contributed by atoms with van der Waals surface area (Å²) in [7, 11) is -3.65. The van der Waals surface area contributed by atoms with Crippen LogP contribution in [-0.4, -0.2) is 56.8 Å². The van der Waals surface area contributed by atoms with E-state index in [-0.39, 0.29) is 50.6 Å². The number of nitrogens with one attached hydrogen (secondary N) is 1. The largest absolute Gasteiger partial charge is 0.454 e. The van der Waals surface area contributed by atoms with E-state index < -0.39 is 16.1 Å². The molecular weight excluding hydrogens is 566 g/mol. The molecule has 2 atom stereocenters. The minimum atomic E-state index is -3.65. The first-order valence-corrected chi connectivity index (χ1v) is 16.5. The van der Waals surface area contributed by atoms with Gasteiger partial charge in [0, 0.05) is 38.0 Å². The van der Waals surface area contributed by atoms with E-state index in [0.717, 1.165) is 29.4 Å². The maximum absolute atomic E-state index is 14.0. The second-order valence-corrected chi connectivity index (χ2v) is 12.9.